The van der Waals surface area contributed by atoms with Crippen LogP contribution in [0.25, 0.3) is 22.0 Å². The van der Waals surface area contributed by atoms with Crippen molar-refractivity contribution in [2.24, 2.45) is 5.92 Å². The van der Waals surface area contributed by atoms with Crippen molar-refractivity contribution in [1.29, 1.82) is 0 Å². The zero-order valence-corrected chi connectivity index (χ0v) is 15.7. The lowest BCUT2D eigenvalue weighted by atomic mass is 9.69. The molecule has 3 aliphatic rings. The van der Waals surface area contributed by atoms with Gasteiger partial charge in [0.25, 0.3) is 0 Å². The Hall–Kier alpha value is -2.04. The van der Waals surface area contributed by atoms with Crippen LogP contribution in [0.2, 0.25) is 0 Å². The van der Waals surface area contributed by atoms with E-state index < -0.39 is 0 Å². The highest BCUT2D eigenvalue weighted by Crippen LogP contribution is 2.41. The van der Waals surface area contributed by atoms with Gasteiger partial charge in [0.2, 0.25) is 0 Å². The molecule has 0 radical (unpaired) electrons. The summed E-state index contributed by atoms with van der Waals surface area (Å²) in [5.74, 6) is 0.336. The Morgan fingerprint density at radius 3 is 2.50 bits per heavy atom. The summed E-state index contributed by atoms with van der Waals surface area (Å²) in [5, 5.41) is 2.36. The van der Waals surface area contributed by atoms with Crippen LogP contribution in [0.15, 0.2) is 53.0 Å². The summed E-state index contributed by atoms with van der Waals surface area (Å²) in [5.41, 5.74) is 3.57. The van der Waals surface area contributed by atoms with Crippen LogP contribution in [0.1, 0.15) is 34.1 Å². The molecule has 4 heteroatoms. The van der Waals surface area contributed by atoms with E-state index >= 15 is 0 Å². The predicted octanol–water partition coefficient (Wildman–Crippen LogP) is 3.51. The molecule has 2 aliphatic carbocycles. The lowest BCUT2D eigenvalue weighted by Gasteiger charge is -2.32. The maximum absolute atomic E-state index is 6.37. The topological polar surface area (TPSA) is 31.6 Å². The van der Waals surface area contributed by atoms with Crippen LogP contribution >= 0.6 is 0 Å². The first kappa shape index (κ1) is 16.2. The molecule has 0 spiro atoms. The van der Waals surface area contributed by atoms with Gasteiger partial charge in [0.05, 0.1) is 11.2 Å². The van der Waals surface area contributed by atoms with Gasteiger partial charge in [-0.2, -0.15) is 0 Å². The lowest BCUT2D eigenvalue weighted by Crippen LogP contribution is -2.41. The Morgan fingerprint density at radius 1 is 1.00 bits per heavy atom. The summed E-state index contributed by atoms with van der Waals surface area (Å²) in [6.07, 6.45) is 9.58. The molecule has 1 aromatic carbocycles. The molecule has 5 rings (SSSR count). The van der Waals surface area contributed by atoms with Crippen molar-refractivity contribution in [3.63, 3.8) is 0 Å². The maximum Gasteiger partial charge on any atom is 0.494 e. The van der Waals surface area contributed by atoms with E-state index in [0.29, 0.717) is 5.92 Å². The van der Waals surface area contributed by atoms with E-state index in [1.54, 1.807) is 0 Å². The van der Waals surface area contributed by atoms with Crippen molar-refractivity contribution < 1.29 is 13.7 Å². The summed E-state index contributed by atoms with van der Waals surface area (Å²) >= 11 is 0. The van der Waals surface area contributed by atoms with E-state index in [1.807, 2.05) is 12.1 Å². The van der Waals surface area contributed by atoms with Crippen molar-refractivity contribution in [2.45, 2.75) is 45.3 Å². The molecule has 132 valence electrons. The summed E-state index contributed by atoms with van der Waals surface area (Å²) in [7, 11) is -0.375. The van der Waals surface area contributed by atoms with Gasteiger partial charge >= 0.3 is 7.12 Å². The van der Waals surface area contributed by atoms with Crippen molar-refractivity contribution >= 4 is 29.1 Å². The van der Waals surface area contributed by atoms with E-state index in [1.165, 1.54) is 10.8 Å². The number of para-hydroxylation sites is 1. The molecule has 1 atom stereocenters. The van der Waals surface area contributed by atoms with E-state index in [9.17, 15) is 0 Å². The van der Waals surface area contributed by atoms with E-state index in [2.05, 4.69) is 64.1 Å². The molecule has 1 aliphatic heterocycles. The Morgan fingerprint density at radius 2 is 1.73 bits per heavy atom. The highest BCUT2D eigenvalue weighted by Gasteiger charge is 2.53. The van der Waals surface area contributed by atoms with Gasteiger partial charge < -0.3 is 13.7 Å². The number of benzene rings is 1. The van der Waals surface area contributed by atoms with E-state index in [4.69, 9.17) is 13.7 Å². The normalized spacial score (nSPS) is 25.7. The molecule has 1 aromatic heterocycles. The van der Waals surface area contributed by atoms with Gasteiger partial charge in [-0.3, -0.25) is 0 Å². The number of hydrogen-bond donors (Lipinski definition) is 0. The first-order valence-corrected chi connectivity index (χ1v) is 9.33. The van der Waals surface area contributed by atoms with Crippen LogP contribution in [0.5, 0.6) is 0 Å². The maximum atomic E-state index is 6.37. The highest BCUT2D eigenvalue weighted by atomic mass is 16.7. The molecule has 0 saturated carbocycles. The smallest absolute Gasteiger partial charge is 0.457 e. The Labute approximate surface area is 153 Å². The summed E-state index contributed by atoms with van der Waals surface area (Å²) < 4.78 is 19.1. The first-order chi connectivity index (χ1) is 12.4. The Balaban J connectivity index is 1.82. The highest BCUT2D eigenvalue weighted by molar-refractivity contribution is 6.66. The fourth-order valence-electron chi connectivity index (χ4n) is 4.11. The van der Waals surface area contributed by atoms with Crippen LogP contribution in [0, 0.1) is 5.92 Å². The second kappa shape index (κ2) is 5.24. The summed E-state index contributed by atoms with van der Waals surface area (Å²) in [6.45, 7) is 8.38. The SMILES string of the molecule is CC1(C)OB(C2=c3oc4ccccc4c3=C3C=CC=CC3C2)OC1(C)C. The van der Waals surface area contributed by atoms with Gasteiger partial charge in [-0.1, -0.05) is 42.5 Å². The Bertz CT molecular complexity index is 1070. The van der Waals surface area contributed by atoms with E-state index in [-0.39, 0.29) is 18.3 Å². The number of allylic oxidation sites excluding steroid dienone is 4. The first-order valence-electron chi connectivity index (χ1n) is 9.33. The van der Waals surface area contributed by atoms with Gasteiger partial charge in [-0.25, -0.2) is 0 Å². The molecule has 0 amide bonds. The molecular weight excluding hydrogens is 323 g/mol. The van der Waals surface area contributed by atoms with Gasteiger partial charge in [-0.15, -0.1) is 0 Å². The van der Waals surface area contributed by atoms with Crippen molar-refractivity contribution in [2.75, 3.05) is 0 Å². The third-order valence-corrected chi connectivity index (χ3v) is 6.28. The van der Waals surface area contributed by atoms with E-state index in [0.717, 1.165) is 28.3 Å². The second-order valence-corrected chi connectivity index (χ2v) is 8.43. The fourth-order valence-corrected chi connectivity index (χ4v) is 4.11. The molecular formula is C22H23BO3. The number of fused-ring (bicyclic) bond motifs is 4. The number of rotatable bonds is 1. The Kier molecular flexibility index (Phi) is 3.26. The molecule has 2 heterocycles. The summed E-state index contributed by atoms with van der Waals surface area (Å²) in [4.78, 5) is 0. The summed E-state index contributed by atoms with van der Waals surface area (Å²) in [6, 6.07) is 8.26. The van der Waals surface area contributed by atoms with Crippen LogP contribution in [0.4, 0.5) is 0 Å². The van der Waals surface area contributed by atoms with Crippen molar-refractivity contribution in [3.8, 4) is 0 Å². The largest absolute Gasteiger partial charge is 0.494 e. The zero-order chi connectivity index (χ0) is 18.1. The van der Waals surface area contributed by atoms with Gasteiger partial charge in [0.15, 0.2) is 0 Å². The molecule has 0 N–H and O–H groups in total. The van der Waals surface area contributed by atoms with Crippen molar-refractivity contribution in [1.82, 2.24) is 0 Å². The molecule has 0 bridgehead atoms. The number of furan rings is 1. The fraction of sp³-hybridized carbons (Fsp3) is 0.364. The molecule has 2 aromatic rings. The average Bonchev–Trinajstić information content (AvgIpc) is 3.09. The average molecular weight is 346 g/mol. The van der Waals surface area contributed by atoms with Crippen LogP contribution in [-0.2, 0) is 9.31 Å². The lowest BCUT2D eigenvalue weighted by molar-refractivity contribution is 0.00578. The minimum atomic E-state index is -0.375. The molecule has 1 fully saturated rings. The second-order valence-electron chi connectivity index (χ2n) is 8.43. The third kappa shape index (κ3) is 2.15. The molecule has 1 saturated heterocycles. The van der Waals surface area contributed by atoms with Gasteiger partial charge in [0.1, 0.15) is 11.0 Å². The quantitative estimate of drug-likeness (QED) is 0.741. The minimum Gasteiger partial charge on any atom is -0.457 e. The van der Waals surface area contributed by atoms with Gasteiger partial charge in [0, 0.05) is 22.0 Å². The standard InChI is InChI=1S/C22H23BO3/c1-21(2)22(3,4)26-23(25-21)17-13-14-9-5-6-10-15(14)19-16-11-7-8-12-18(16)24-20(17)19/h5-12,14H,13H2,1-4H3. The van der Waals surface area contributed by atoms with Gasteiger partial charge in [-0.05, 0) is 45.8 Å². The van der Waals surface area contributed by atoms with Crippen LogP contribution in [0.3, 0.4) is 0 Å². The zero-order valence-electron chi connectivity index (χ0n) is 15.7. The molecule has 1 unspecified atom stereocenters. The number of hydrogen-bond acceptors (Lipinski definition) is 3. The molecule has 26 heavy (non-hydrogen) atoms. The predicted molar refractivity (Wildman–Crippen MR) is 105 cm³/mol. The minimum absolute atomic E-state index is 0.336. The third-order valence-electron chi connectivity index (χ3n) is 6.28. The van der Waals surface area contributed by atoms with Crippen molar-refractivity contribution in [3.05, 3.63) is 59.2 Å². The monoisotopic (exact) mass is 346 g/mol. The molecule has 3 nitrogen and oxygen atoms in total. The van der Waals surface area contributed by atoms with Crippen LogP contribution < -0.4 is 10.6 Å². The van der Waals surface area contributed by atoms with Crippen LogP contribution in [-0.4, -0.2) is 18.3 Å².